The molecule has 122 valence electrons. The summed E-state index contributed by atoms with van der Waals surface area (Å²) >= 11 is 0. The Labute approximate surface area is 137 Å². The number of imidazole rings is 1. The number of carbonyl (C=O) groups is 2. The van der Waals surface area contributed by atoms with Gasteiger partial charge in [-0.1, -0.05) is 12.1 Å². The molecule has 8 heteroatoms. The topological polar surface area (TPSA) is 97.0 Å². The monoisotopic (exact) mass is 326 g/mol. The highest BCUT2D eigenvalue weighted by molar-refractivity contribution is 6.00. The summed E-state index contributed by atoms with van der Waals surface area (Å²) < 4.78 is 7.24. The van der Waals surface area contributed by atoms with E-state index in [-0.39, 0.29) is 18.4 Å². The second kappa shape index (κ2) is 5.19. The molecule has 0 bridgehead atoms. The van der Waals surface area contributed by atoms with Crippen molar-refractivity contribution in [1.82, 2.24) is 14.5 Å². The predicted molar refractivity (Wildman–Crippen MR) is 83.3 cm³/mol. The maximum absolute atomic E-state index is 12.5. The van der Waals surface area contributed by atoms with Crippen molar-refractivity contribution in [3.8, 4) is 5.69 Å². The van der Waals surface area contributed by atoms with Gasteiger partial charge in [0.05, 0.1) is 23.5 Å². The molecule has 0 saturated carbocycles. The first kappa shape index (κ1) is 14.4. The number of hydrogen-bond donors (Lipinski definition) is 1. The van der Waals surface area contributed by atoms with Gasteiger partial charge in [-0.15, -0.1) is 0 Å². The first-order chi connectivity index (χ1) is 11.6. The second-order valence-electron chi connectivity index (χ2n) is 5.69. The standard InChI is InChI=1S/C16H14N4O4/c1-19-6-12-13(14-18-10(7-24-14)16(22)23)17-8-20(12)11-5-3-2-4-9(11)15(19)21/h2-5,8,10H,6-7H2,1H3,(H,22,23). The minimum Gasteiger partial charge on any atom is -0.480 e. The number of carboxylic acid groups (broad SMARTS) is 1. The molecule has 8 nitrogen and oxygen atoms in total. The van der Waals surface area contributed by atoms with Crippen LogP contribution in [0.5, 0.6) is 0 Å². The molecule has 3 heterocycles. The normalized spacial score (nSPS) is 19.2. The summed E-state index contributed by atoms with van der Waals surface area (Å²) in [4.78, 5) is 33.6. The zero-order valence-electron chi connectivity index (χ0n) is 12.8. The van der Waals surface area contributed by atoms with Crippen LogP contribution in [0.3, 0.4) is 0 Å². The fourth-order valence-corrected chi connectivity index (χ4v) is 2.91. The lowest BCUT2D eigenvalue weighted by Gasteiger charge is -2.14. The van der Waals surface area contributed by atoms with Crippen LogP contribution >= 0.6 is 0 Å². The Morgan fingerprint density at radius 1 is 1.38 bits per heavy atom. The van der Waals surface area contributed by atoms with E-state index in [1.54, 1.807) is 24.3 Å². The highest BCUT2D eigenvalue weighted by atomic mass is 16.5. The lowest BCUT2D eigenvalue weighted by Crippen LogP contribution is -2.25. The van der Waals surface area contributed by atoms with Gasteiger partial charge in [0.1, 0.15) is 18.6 Å². The number of nitrogens with zero attached hydrogens (tertiary/aromatic N) is 4. The highest BCUT2D eigenvalue weighted by Gasteiger charge is 2.32. The number of carboxylic acids is 1. The van der Waals surface area contributed by atoms with E-state index in [2.05, 4.69) is 9.98 Å². The number of aliphatic imine (C=N–C) groups is 1. The van der Waals surface area contributed by atoms with E-state index in [9.17, 15) is 9.59 Å². The number of hydrogen-bond acceptors (Lipinski definition) is 5. The lowest BCUT2D eigenvalue weighted by molar-refractivity contribution is -0.138. The zero-order chi connectivity index (χ0) is 16.8. The molecule has 1 aromatic carbocycles. The van der Waals surface area contributed by atoms with Gasteiger partial charge in [-0.3, -0.25) is 9.36 Å². The van der Waals surface area contributed by atoms with E-state index in [0.29, 0.717) is 17.8 Å². The van der Waals surface area contributed by atoms with E-state index in [1.807, 2.05) is 22.8 Å². The number of benzene rings is 1. The molecule has 2 aromatic rings. The predicted octanol–water partition coefficient (Wildman–Crippen LogP) is 0.688. The maximum Gasteiger partial charge on any atom is 0.332 e. The summed E-state index contributed by atoms with van der Waals surface area (Å²) in [7, 11) is 1.71. The van der Waals surface area contributed by atoms with Crippen LogP contribution in [0.15, 0.2) is 35.6 Å². The van der Waals surface area contributed by atoms with E-state index in [4.69, 9.17) is 9.84 Å². The number of aromatic nitrogens is 2. The molecule has 2 aliphatic heterocycles. The third-order valence-electron chi connectivity index (χ3n) is 4.13. The third kappa shape index (κ3) is 2.07. The summed E-state index contributed by atoms with van der Waals surface area (Å²) in [5, 5.41) is 9.05. The number of amides is 1. The van der Waals surface area contributed by atoms with Crippen LogP contribution < -0.4 is 0 Å². The van der Waals surface area contributed by atoms with E-state index >= 15 is 0 Å². The number of para-hydroxylation sites is 1. The fraction of sp³-hybridized carbons (Fsp3) is 0.250. The van der Waals surface area contributed by atoms with Gasteiger partial charge in [0, 0.05) is 7.05 Å². The number of fused-ring (bicyclic) bond motifs is 3. The van der Waals surface area contributed by atoms with E-state index in [1.165, 1.54) is 0 Å². The van der Waals surface area contributed by atoms with Gasteiger partial charge in [-0.2, -0.15) is 0 Å². The van der Waals surface area contributed by atoms with Crippen LogP contribution in [0.1, 0.15) is 21.7 Å². The molecule has 1 amide bonds. The fourth-order valence-electron chi connectivity index (χ4n) is 2.91. The van der Waals surface area contributed by atoms with E-state index < -0.39 is 12.0 Å². The van der Waals surface area contributed by atoms with Crippen LogP contribution in [0.25, 0.3) is 5.69 Å². The van der Waals surface area contributed by atoms with Crippen LogP contribution in [0.2, 0.25) is 0 Å². The van der Waals surface area contributed by atoms with Crippen molar-refractivity contribution in [1.29, 1.82) is 0 Å². The molecule has 0 saturated heterocycles. The van der Waals surface area contributed by atoms with Crippen molar-refractivity contribution in [3.05, 3.63) is 47.5 Å². The average Bonchev–Trinajstić information content (AvgIpc) is 3.18. The molecular weight excluding hydrogens is 312 g/mol. The average molecular weight is 326 g/mol. The lowest BCUT2D eigenvalue weighted by atomic mass is 10.1. The van der Waals surface area contributed by atoms with Crippen molar-refractivity contribution >= 4 is 17.8 Å². The summed E-state index contributed by atoms with van der Waals surface area (Å²) in [5.74, 6) is -0.915. The van der Waals surface area contributed by atoms with Gasteiger partial charge in [0.25, 0.3) is 5.91 Å². The molecule has 4 rings (SSSR count). The zero-order valence-corrected chi connectivity index (χ0v) is 12.8. The van der Waals surface area contributed by atoms with Gasteiger partial charge in [0.2, 0.25) is 5.90 Å². The summed E-state index contributed by atoms with van der Waals surface area (Å²) in [5.41, 5.74) is 2.52. The van der Waals surface area contributed by atoms with Crippen molar-refractivity contribution in [2.45, 2.75) is 12.6 Å². The van der Waals surface area contributed by atoms with Gasteiger partial charge in [-0.05, 0) is 12.1 Å². The van der Waals surface area contributed by atoms with E-state index in [0.717, 1.165) is 11.4 Å². The molecule has 2 aliphatic rings. The Bertz CT molecular complexity index is 886. The second-order valence-corrected chi connectivity index (χ2v) is 5.69. The highest BCUT2D eigenvalue weighted by Crippen LogP contribution is 2.26. The summed E-state index contributed by atoms with van der Waals surface area (Å²) in [6, 6.07) is 6.36. The van der Waals surface area contributed by atoms with Crippen molar-refractivity contribution in [3.63, 3.8) is 0 Å². The number of aliphatic carboxylic acids is 1. The first-order valence-corrected chi connectivity index (χ1v) is 7.41. The quantitative estimate of drug-likeness (QED) is 0.875. The Balaban J connectivity index is 1.85. The van der Waals surface area contributed by atoms with Gasteiger partial charge >= 0.3 is 5.97 Å². The largest absolute Gasteiger partial charge is 0.480 e. The van der Waals surface area contributed by atoms with Crippen LogP contribution in [0, 0.1) is 0 Å². The third-order valence-corrected chi connectivity index (χ3v) is 4.13. The van der Waals surface area contributed by atoms with Crippen molar-refractivity contribution in [2.24, 2.45) is 4.99 Å². The Hall–Kier alpha value is -3.16. The minimum absolute atomic E-state index is 0.0116. The number of carbonyl (C=O) groups excluding carboxylic acids is 1. The summed E-state index contributed by atoms with van der Waals surface area (Å²) in [6.45, 7) is 0.311. The SMILES string of the molecule is CN1Cc2c(C3=NC(C(=O)O)CO3)ncn2-c2ccccc2C1=O. The Morgan fingerprint density at radius 2 is 2.17 bits per heavy atom. The summed E-state index contributed by atoms with van der Waals surface area (Å²) in [6.07, 6.45) is 1.61. The molecule has 0 spiro atoms. The molecule has 1 unspecified atom stereocenters. The van der Waals surface area contributed by atoms with Gasteiger partial charge in [0.15, 0.2) is 6.04 Å². The molecule has 0 aliphatic carbocycles. The Kier molecular flexibility index (Phi) is 3.12. The van der Waals surface area contributed by atoms with Crippen LogP contribution in [0.4, 0.5) is 0 Å². The van der Waals surface area contributed by atoms with Crippen LogP contribution in [-0.2, 0) is 16.1 Å². The molecule has 0 fully saturated rings. The maximum atomic E-state index is 12.5. The van der Waals surface area contributed by atoms with Gasteiger partial charge < -0.3 is 14.7 Å². The minimum atomic E-state index is -1.03. The number of ether oxygens (including phenoxy) is 1. The van der Waals surface area contributed by atoms with Crippen molar-refractivity contribution in [2.75, 3.05) is 13.7 Å². The molecule has 1 aromatic heterocycles. The molecule has 1 N–H and O–H groups in total. The smallest absolute Gasteiger partial charge is 0.332 e. The van der Waals surface area contributed by atoms with Crippen LogP contribution in [-0.4, -0.2) is 57.0 Å². The first-order valence-electron chi connectivity index (χ1n) is 7.41. The number of rotatable bonds is 2. The molecule has 0 radical (unpaired) electrons. The molecular formula is C16H14N4O4. The Morgan fingerprint density at radius 3 is 2.92 bits per heavy atom. The molecule has 24 heavy (non-hydrogen) atoms. The molecule has 1 atom stereocenters. The van der Waals surface area contributed by atoms with Gasteiger partial charge in [-0.25, -0.2) is 14.8 Å². The van der Waals surface area contributed by atoms with Crippen molar-refractivity contribution < 1.29 is 19.4 Å².